The van der Waals surface area contributed by atoms with E-state index in [0.717, 1.165) is 11.3 Å². The Hall–Kier alpha value is -3.71. The zero-order valence-electron chi connectivity index (χ0n) is 15.8. The van der Waals surface area contributed by atoms with Gasteiger partial charge in [0.1, 0.15) is 17.4 Å². The molecule has 0 atom stereocenters. The molecule has 8 heteroatoms. The van der Waals surface area contributed by atoms with E-state index in [0.29, 0.717) is 24.5 Å². The number of halogens is 1. The van der Waals surface area contributed by atoms with E-state index in [2.05, 4.69) is 10.3 Å². The molecule has 0 aliphatic rings. The third-order valence-corrected chi connectivity index (χ3v) is 4.39. The van der Waals surface area contributed by atoms with Crippen molar-refractivity contribution in [2.75, 3.05) is 0 Å². The Kier molecular flexibility index (Phi) is 7.13. The van der Waals surface area contributed by atoms with Gasteiger partial charge in [0, 0.05) is 24.9 Å². The summed E-state index contributed by atoms with van der Waals surface area (Å²) in [6.07, 6.45) is 4.51. The van der Waals surface area contributed by atoms with E-state index in [9.17, 15) is 14.9 Å². The van der Waals surface area contributed by atoms with Crippen LogP contribution in [0.1, 0.15) is 16.8 Å². The number of amides is 1. The molecule has 0 saturated heterocycles. The summed E-state index contributed by atoms with van der Waals surface area (Å²) >= 11 is 5.78. The third-order valence-electron chi connectivity index (χ3n) is 4.07. The molecule has 7 nitrogen and oxygen atoms in total. The molecule has 0 aliphatic carbocycles. The number of carbonyl (C=O) groups is 1. The number of benzene rings is 2. The summed E-state index contributed by atoms with van der Waals surface area (Å²) in [5.41, 5.74) is 1.99. The minimum atomic E-state index is -0.567. The SMILES string of the molecule is O=C(/C=C/c1ccc(Cl)c([N+](=O)[O-])c1)NCc1cccc(OCc2ccccn2)c1. The maximum absolute atomic E-state index is 12.1. The molecule has 152 valence electrons. The van der Waals surface area contributed by atoms with Crippen LogP contribution in [0.5, 0.6) is 5.75 Å². The Bertz CT molecular complexity index is 1070. The molecule has 0 saturated carbocycles. The molecule has 3 aromatic rings. The molecule has 0 aliphatic heterocycles. The normalized spacial score (nSPS) is 10.7. The van der Waals surface area contributed by atoms with Crippen molar-refractivity contribution < 1.29 is 14.5 Å². The quantitative estimate of drug-likeness (QED) is 0.326. The summed E-state index contributed by atoms with van der Waals surface area (Å²) in [5.74, 6) is 0.351. The first kappa shape index (κ1) is 21.0. The van der Waals surface area contributed by atoms with Gasteiger partial charge >= 0.3 is 0 Å². The number of nitro groups is 1. The van der Waals surface area contributed by atoms with Gasteiger partial charge in [-0.05, 0) is 47.5 Å². The first-order valence-corrected chi connectivity index (χ1v) is 9.40. The molecule has 1 heterocycles. The Labute approximate surface area is 178 Å². The van der Waals surface area contributed by atoms with E-state index in [1.807, 2.05) is 42.5 Å². The van der Waals surface area contributed by atoms with Crippen molar-refractivity contribution in [3.63, 3.8) is 0 Å². The van der Waals surface area contributed by atoms with Crippen LogP contribution in [0.4, 0.5) is 5.69 Å². The van der Waals surface area contributed by atoms with Crippen molar-refractivity contribution >= 4 is 29.3 Å². The highest BCUT2D eigenvalue weighted by molar-refractivity contribution is 6.32. The van der Waals surface area contributed by atoms with E-state index in [4.69, 9.17) is 16.3 Å². The van der Waals surface area contributed by atoms with E-state index >= 15 is 0 Å². The smallest absolute Gasteiger partial charge is 0.288 e. The van der Waals surface area contributed by atoms with Gasteiger partial charge in [-0.1, -0.05) is 35.9 Å². The predicted octanol–water partition coefficient (Wildman–Crippen LogP) is 4.55. The maximum Gasteiger partial charge on any atom is 0.288 e. The highest BCUT2D eigenvalue weighted by Crippen LogP contribution is 2.25. The topological polar surface area (TPSA) is 94.4 Å². The number of ether oxygens (including phenoxy) is 1. The van der Waals surface area contributed by atoms with Crippen LogP contribution in [0.3, 0.4) is 0 Å². The van der Waals surface area contributed by atoms with E-state index in [-0.39, 0.29) is 16.6 Å². The molecule has 30 heavy (non-hydrogen) atoms. The van der Waals surface area contributed by atoms with Crippen molar-refractivity contribution in [3.05, 3.63) is 105 Å². The van der Waals surface area contributed by atoms with Crippen LogP contribution < -0.4 is 10.1 Å². The summed E-state index contributed by atoms with van der Waals surface area (Å²) in [6, 6.07) is 17.4. The Balaban J connectivity index is 1.54. The van der Waals surface area contributed by atoms with E-state index in [1.165, 1.54) is 24.3 Å². The molecule has 1 amide bonds. The molecule has 1 aromatic heterocycles. The van der Waals surface area contributed by atoms with Gasteiger partial charge in [0.15, 0.2) is 0 Å². The monoisotopic (exact) mass is 423 g/mol. The molecule has 0 radical (unpaired) electrons. The largest absolute Gasteiger partial charge is 0.487 e. The lowest BCUT2D eigenvalue weighted by atomic mass is 10.2. The van der Waals surface area contributed by atoms with Crippen molar-refractivity contribution in [2.24, 2.45) is 0 Å². The van der Waals surface area contributed by atoms with Crippen LogP contribution in [0.15, 0.2) is 72.9 Å². The number of carbonyl (C=O) groups excluding carboxylic acids is 1. The Morgan fingerprint density at radius 2 is 2.03 bits per heavy atom. The standard InChI is InChI=1S/C22H18ClN3O4/c23-20-9-7-16(13-21(20)26(28)29)8-10-22(27)25-14-17-4-3-6-19(12-17)30-15-18-5-1-2-11-24-18/h1-13H,14-15H2,(H,25,27)/b10-8+. The number of pyridine rings is 1. The van der Waals surface area contributed by atoms with Gasteiger partial charge in [0.05, 0.1) is 10.6 Å². The Morgan fingerprint density at radius 3 is 2.80 bits per heavy atom. The summed E-state index contributed by atoms with van der Waals surface area (Å²) in [7, 11) is 0. The third kappa shape index (κ3) is 6.15. The molecule has 1 N–H and O–H groups in total. The van der Waals surface area contributed by atoms with Crippen LogP contribution >= 0.6 is 11.6 Å². The number of nitrogens with zero attached hydrogens (tertiary/aromatic N) is 2. The minimum Gasteiger partial charge on any atom is -0.487 e. The number of hydrogen-bond donors (Lipinski definition) is 1. The van der Waals surface area contributed by atoms with Gasteiger partial charge < -0.3 is 10.1 Å². The molecule has 0 spiro atoms. The highest BCUT2D eigenvalue weighted by atomic mass is 35.5. The summed E-state index contributed by atoms with van der Waals surface area (Å²) in [5, 5.41) is 13.7. The lowest BCUT2D eigenvalue weighted by Gasteiger charge is -2.08. The molecular formula is C22H18ClN3O4. The van der Waals surface area contributed by atoms with Gasteiger partial charge in [0.2, 0.25) is 5.91 Å². The highest BCUT2D eigenvalue weighted by Gasteiger charge is 2.11. The summed E-state index contributed by atoms with van der Waals surface area (Å²) in [4.78, 5) is 26.6. The van der Waals surface area contributed by atoms with Crippen LogP contribution in [0.2, 0.25) is 5.02 Å². The number of rotatable bonds is 8. The lowest BCUT2D eigenvalue weighted by Crippen LogP contribution is -2.20. The fourth-order valence-electron chi connectivity index (χ4n) is 2.58. The van der Waals surface area contributed by atoms with Crippen LogP contribution in [0.25, 0.3) is 6.08 Å². The van der Waals surface area contributed by atoms with Crippen molar-refractivity contribution in [1.29, 1.82) is 0 Å². The van der Waals surface area contributed by atoms with Crippen molar-refractivity contribution in [2.45, 2.75) is 13.2 Å². The second-order valence-electron chi connectivity index (χ2n) is 6.28. The fraction of sp³-hybridized carbons (Fsp3) is 0.0909. The first-order valence-electron chi connectivity index (χ1n) is 9.03. The van der Waals surface area contributed by atoms with Gasteiger partial charge in [0.25, 0.3) is 5.69 Å². The van der Waals surface area contributed by atoms with Crippen LogP contribution in [-0.4, -0.2) is 15.8 Å². The van der Waals surface area contributed by atoms with Gasteiger partial charge in [-0.15, -0.1) is 0 Å². The van der Waals surface area contributed by atoms with Crippen molar-refractivity contribution in [3.8, 4) is 5.75 Å². The van der Waals surface area contributed by atoms with Gasteiger partial charge in [-0.2, -0.15) is 0 Å². The lowest BCUT2D eigenvalue weighted by molar-refractivity contribution is -0.384. The van der Waals surface area contributed by atoms with Gasteiger partial charge in [-0.3, -0.25) is 19.9 Å². The zero-order chi connectivity index (χ0) is 21.3. The number of hydrogen-bond acceptors (Lipinski definition) is 5. The molecular weight excluding hydrogens is 406 g/mol. The van der Waals surface area contributed by atoms with E-state index < -0.39 is 4.92 Å². The Morgan fingerprint density at radius 1 is 1.17 bits per heavy atom. The summed E-state index contributed by atoms with van der Waals surface area (Å²) in [6.45, 7) is 0.664. The average Bonchev–Trinajstić information content (AvgIpc) is 2.76. The predicted molar refractivity (Wildman–Crippen MR) is 114 cm³/mol. The molecule has 0 unspecified atom stereocenters. The number of aromatic nitrogens is 1. The summed E-state index contributed by atoms with van der Waals surface area (Å²) < 4.78 is 5.73. The second kappa shape index (κ2) is 10.2. The molecule has 0 fully saturated rings. The van der Waals surface area contributed by atoms with Crippen LogP contribution in [-0.2, 0) is 17.9 Å². The molecule has 3 rings (SSSR count). The number of nitro benzene ring substituents is 1. The zero-order valence-corrected chi connectivity index (χ0v) is 16.6. The van der Waals surface area contributed by atoms with E-state index in [1.54, 1.807) is 12.3 Å². The van der Waals surface area contributed by atoms with Crippen LogP contribution in [0, 0.1) is 10.1 Å². The fourth-order valence-corrected chi connectivity index (χ4v) is 2.77. The molecule has 0 bridgehead atoms. The molecule has 2 aromatic carbocycles. The average molecular weight is 424 g/mol. The minimum absolute atomic E-state index is 0.0479. The second-order valence-corrected chi connectivity index (χ2v) is 6.68. The number of nitrogens with one attached hydrogen (secondary N) is 1. The van der Waals surface area contributed by atoms with Gasteiger partial charge in [-0.25, -0.2) is 0 Å². The first-order chi connectivity index (χ1) is 14.5. The maximum atomic E-state index is 12.1. The van der Waals surface area contributed by atoms with Crippen molar-refractivity contribution in [1.82, 2.24) is 10.3 Å².